The number of nitrogens with two attached hydrogens (primary N) is 1. The first kappa shape index (κ1) is 41.5. The number of nitrogens with one attached hydrogen (secondary N) is 1. The minimum atomic E-state index is -0.0468. The summed E-state index contributed by atoms with van der Waals surface area (Å²) in [5, 5.41) is 2.71. The summed E-state index contributed by atoms with van der Waals surface area (Å²) in [5.41, 5.74) is 9.48. The Kier molecular flexibility index (Phi) is 20.0. The highest BCUT2D eigenvalue weighted by Gasteiger charge is 2.57. The van der Waals surface area contributed by atoms with Crippen LogP contribution in [0, 0.1) is 24.2 Å². The number of amides is 2. The van der Waals surface area contributed by atoms with E-state index in [1.807, 2.05) is 79.4 Å². The summed E-state index contributed by atoms with van der Waals surface area (Å²) in [4.78, 5) is 24.2. The zero-order chi connectivity index (χ0) is 34.7. The molecule has 6 rings (SSSR count). The summed E-state index contributed by atoms with van der Waals surface area (Å²) < 4.78 is 11.9. The van der Waals surface area contributed by atoms with Crippen molar-refractivity contribution >= 4 is 32.4 Å². The van der Waals surface area contributed by atoms with Crippen molar-refractivity contribution in [2.45, 2.75) is 118 Å². The standard InChI is InChI=1S/C16H26BN2O3S.C15H17NO.3C2H6/c1-16(2)10-6-11(16)15(23)12(7-10)22-17-13-4-3-5-19(13)14(21)8-18-9-20;1-12-7-8-14(10-16)15(9-12)17-11-13-5-3-2-4-6-13;3*1-2/h9-13,15,23H,3-8H2,1-2H3,(H,18,20);2-9H,10-11,16H2,1H3;3*1-2H3. The summed E-state index contributed by atoms with van der Waals surface area (Å²) in [6.07, 6.45) is 4.94. The average molecular weight is 655 g/mol. The quantitative estimate of drug-likeness (QED) is 0.144. The third-order valence-electron chi connectivity index (χ3n) is 8.90. The molecule has 1 aliphatic heterocycles. The lowest BCUT2D eigenvalue weighted by Crippen LogP contribution is -2.59. The number of ether oxygens (including phenoxy) is 1. The molecule has 4 aliphatic rings. The number of thiol groups is 1. The first-order chi connectivity index (χ1) is 22.2. The second-order valence-electron chi connectivity index (χ2n) is 11.8. The number of aryl methyl sites for hydroxylation is 1. The van der Waals surface area contributed by atoms with Crippen LogP contribution in [0.4, 0.5) is 0 Å². The smallest absolute Gasteiger partial charge is 0.317 e. The molecular weight excluding hydrogens is 593 g/mol. The van der Waals surface area contributed by atoms with Crippen molar-refractivity contribution in [3.8, 4) is 5.75 Å². The second-order valence-corrected chi connectivity index (χ2v) is 12.4. The topological polar surface area (TPSA) is 93.9 Å². The maximum absolute atomic E-state index is 12.1. The van der Waals surface area contributed by atoms with Crippen molar-refractivity contribution in [1.82, 2.24) is 10.2 Å². The average Bonchev–Trinajstić information content (AvgIpc) is 3.58. The lowest BCUT2D eigenvalue weighted by atomic mass is 9.48. The van der Waals surface area contributed by atoms with Crippen LogP contribution in [0.5, 0.6) is 5.75 Å². The van der Waals surface area contributed by atoms with Gasteiger partial charge in [0.05, 0.1) is 12.6 Å². The molecule has 4 fully saturated rings. The van der Waals surface area contributed by atoms with E-state index in [9.17, 15) is 9.59 Å². The molecule has 257 valence electrons. The van der Waals surface area contributed by atoms with Crippen LogP contribution in [0.25, 0.3) is 0 Å². The van der Waals surface area contributed by atoms with Gasteiger partial charge < -0.3 is 25.3 Å². The molecule has 5 unspecified atom stereocenters. The van der Waals surface area contributed by atoms with E-state index in [0.29, 0.717) is 30.9 Å². The predicted molar refractivity (Wildman–Crippen MR) is 196 cm³/mol. The molecule has 1 saturated heterocycles. The van der Waals surface area contributed by atoms with Gasteiger partial charge in [0, 0.05) is 29.8 Å². The van der Waals surface area contributed by atoms with Gasteiger partial charge in [-0.3, -0.25) is 9.59 Å². The van der Waals surface area contributed by atoms with Gasteiger partial charge in [-0.15, -0.1) is 0 Å². The van der Waals surface area contributed by atoms with Gasteiger partial charge in [-0.2, -0.15) is 12.6 Å². The molecule has 2 amide bonds. The summed E-state index contributed by atoms with van der Waals surface area (Å²) in [5.74, 6) is 2.21. The van der Waals surface area contributed by atoms with Crippen molar-refractivity contribution in [3.63, 3.8) is 0 Å². The number of likely N-dealkylation sites (tertiary alicyclic amines) is 1. The fraction of sp³-hybridized carbons (Fsp3) is 0.622. The molecular formula is C37H61BN3O4S. The van der Waals surface area contributed by atoms with Gasteiger partial charge >= 0.3 is 7.48 Å². The lowest BCUT2D eigenvalue weighted by molar-refractivity contribution is -0.131. The number of rotatable bonds is 10. The number of hydrogen-bond donors (Lipinski definition) is 3. The minimum absolute atomic E-state index is 0.0164. The third-order valence-corrected chi connectivity index (χ3v) is 9.60. The summed E-state index contributed by atoms with van der Waals surface area (Å²) in [6, 6.07) is 16.2. The molecule has 2 aromatic rings. The lowest BCUT2D eigenvalue weighted by Gasteiger charge is -2.61. The van der Waals surface area contributed by atoms with Gasteiger partial charge in [0.1, 0.15) is 12.4 Å². The first-order valence-corrected chi connectivity index (χ1v) is 17.9. The van der Waals surface area contributed by atoms with Gasteiger partial charge in [-0.05, 0) is 67.1 Å². The van der Waals surface area contributed by atoms with Crippen LogP contribution in [0.1, 0.15) is 97.8 Å². The number of fused-ring (bicyclic) bond motifs is 2. The number of carbonyl (C=O) groups is 2. The summed E-state index contributed by atoms with van der Waals surface area (Å²) >= 11 is 4.81. The Bertz CT molecular complexity index is 1140. The largest absolute Gasteiger partial charge is 0.489 e. The Balaban J connectivity index is 0.000000408. The van der Waals surface area contributed by atoms with E-state index in [4.69, 9.17) is 27.8 Å². The maximum atomic E-state index is 12.1. The number of hydrogen-bond acceptors (Lipinski definition) is 6. The maximum Gasteiger partial charge on any atom is 0.317 e. The molecule has 0 spiro atoms. The SMILES string of the molecule is CC.CC.CC.CC1(C)C2CC(O[B]C3CCCN3C(=O)CNC=O)C(S)C1C2.Cc1ccc(CN)c(OCc2ccccc2)c1. The van der Waals surface area contributed by atoms with Gasteiger partial charge in [-0.1, -0.05) is 97.9 Å². The number of nitrogens with zero attached hydrogens (tertiary/aromatic N) is 1. The zero-order valence-electron chi connectivity index (χ0n) is 29.9. The molecule has 9 heteroatoms. The first-order valence-electron chi connectivity index (χ1n) is 17.3. The van der Waals surface area contributed by atoms with Crippen LogP contribution in [0.3, 0.4) is 0 Å². The highest BCUT2D eigenvalue weighted by molar-refractivity contribution is 7.81. The van der Waals surface area contributed by atoms with Crippen molar-refractivity contribution < 1.29 is 19.0 Å². The van der Waals surface area contributed by atoms with Crippen LogP contribution in [0.2, 0.25) is 0 Å². The highest BCUT2D eigenvalue weighted by Crippen LogP contribution is 2.60. The molecule has 3 N–H and O–H groups in total. The van der Waals surface area contributed by atoms with E-state index < -0.39 is 0 Å². The highest BCUT2D eigenvalue weighted by atomic mass is 32.1. The van der Waals surface area contributed by atoms with Crippen molar-refractivity contribution in [1.29, 1.82) is 0 Å². The fourth-order valence-corrected chi connectivity index (χ4v) is 6.91. The third kappa shape index (κ3) is 11.6. The predicted octanol–water partition coefficient (Wildman–Crippen LogP) is 7.16. The van der Waals surface area contributed by atoms with E-state index in [1.165, 1.54) is 12.0 Å². The van der Waals surface area contributed by atoms with Crippen LogP contribution < -0.4 is 15.8 Å². The molecule has 2 aromatic carbocycles. The number of benzene rings is 2. The van der Waals surface area contributed by atoms with Crippen LogP contribution in [0.15, 0.2) is 48.5 Å². The normalized spacial score (nSPS) is 23.1. The van der Waals surface area contributed by atoms with Crippen molar-refractivity contribution in [2.75, 3.05) is 13.1 Å². The Hall–Kier alpha value is -2.49. The van der Waals surface area contributed by atoms with E-state index >= 15 is 0 Å². The van der Waals surface area contributed by atoms with Crippen molar-refractivity contribution in [2.24, 2.45) is 23.0 Å². The summed E-state index contributed by atoms with van der Waals surface area (Å²) in [7, 11) is 1.84. The Labute approximate surface area is 286 Å². The molecule has 0 aromatic heterocycles. The van der Waals surface area contributed by atoms with Gasteiger partial charge in [0.2, 0.25) is 12.3 Å². The second kappa shape index (κ2) is 22.2. The molecule has 3 aliphatic carbocycles. The Morgan fingerprint density at radius 1 is 1.09 bits per heavy atom. The van der Waals surface area contributed by atoms with Crippen LogP contribution in [-0.4, -0.2) is 55.1 Å². The monoisotopic (exact) mass is 654 g/mol. The Morgan fingerprint density at radius 2 is 1.76 bits per heavy atom. The molecule has 2 bridgehead atoms. The van der Waals surface area contributed by atoms with Gasteiger partial charge in [0.15, 0.2) is 0 Å². The van der Waals surface area contributed by atoms with E-state index in [-0.39, 0.29) is 29.7 Å². The molecule has 1 heterocycles. The van der Waals surface area contributed by atoms with Crippen LogP contribution in [-0.2, 0) is 27.4 Å². The molecule has 46 heavy (non-hydrogen) atoms. The molecule has 3 saturated carbocycles. The fourth-order valence-electron chi connectivity index (χ4n) is 6.22. The van der Waals surface area contributed by atoms with Crippen molar-refractivity contribution in [3.05, 3.63) is 65.2 Å². The van der Waals surface area contributed by atoms with Gasteiger partial charge in [0.25, 0.3) is 0 Å². The molecule has 5 atom stereocenters. The number of carbonyl (C=O) groups excluding carboxylic acids is 2. The molecule has 1 radical (unpaired) electrons. The van der Waals surface area contributed by atoms with E-state index in [0.717, 1.165) is 48.6 Å². The summed E-state index contributed by atoms with van der Waals surface area (Å²) in [6.45, 7) is 20.6. The van der Waals surface area contributed by atoms with Gasteiger partial charge in [-0.25, -0.2) is 0 Å². The molecule has 7 nitrogen and oxygen atoms in total. The minimum Gasteiger partial charge on any atom is -0.489 e. The van der Waals surface area contributed by atoms with Crippen LogP contribution >= 0.6 is 12.6 Å². The Morgan fingerprint density at radius 3 is 2.35 bits per heavy atom. The van der Waals surface area contributed by atoms with E-state index in [2.05, 4.69) is 44.3 Å². The van der Waals surface area contributed by atoms with E-state index in [1.54, 1.807) is 4.90 Å². The zero-order valence-corrected chi connectivity index (χ0v) is 30.8.